The second kappa shape index (κ2) is 8.14. The van der Waals surface area contributed by atoms with Gasteiger partial charge in [-0.25, -0.2) is 0 Å². The molecule has 0 bridgehead atoms. The zero-order valence-corrected chi connectivity index (χ0v) is 12.8. The summed E-state index contributed by atoms with van der Waals surface area (Å²) < 4.78 is 0. The van der Waals surface area contributed by atoms with Gasteiger partial charge in [0.25, 0.3) is 0 Å². The lowest BCUT2D eigenvalue weighted by Gasteiger charge is -2.29. The lowest BCUT2D eigenvalue weighted by molar-refractivity contribution is 0.0820. The van der Waals surface area contributed by atoms with Crippen molar-refractivity contribution < 1.29 is 5.11 Å². The van der Waals surface area contributed by atoms with Gasteiger partial charge in [0.2, 0.25) is 0 Å². The Morgan fingerprint density at radius 1 is 1.43 bits per heavy atom. The van der Waals surface area contributed by atoms with Crippen LogP contribution >= 0.6 is 0 Å². The first-order valence-corrected chi connectivity index (χ1v) is 7.83. The fourth-order valence-corrected chi connectivity index (χ4v) is 2.76. The maximum atomic E-state index is 9.48. The zero-order chi connectivity index (χ0) is 15.1. The molecule has 0 amide bonds. The SMILES string of the molecule is CC(NCCCN1CCC(O)CC1)c1cccc(C#N)c1. The van der Waals surface area contributed by atoms with Crippen LogP contribution in [0, 0.1) is 11.3 Å². The Kier molecular flexibility index (Phi) is 6.19. The summed E-state index contributed by atoms with van der Waals surface area (Å²) >= 11 is 0. The van der Waals surface area contributed by atoms with Gasteiger partial charge in [-0.1, -0.05) is 12.1 Å². The van der Waals surface area contributed by atoms with Crippen molar-refractivity contribution >= 4 is 0 Å². The van der Waals surface area contributed by atoms with Crippen LogP contribution in [-0.4, -0.2) is 42.3 Å². The van der Waals surface area contributed by atoms with E-state index in [1.807, 2.05) is 18.2 Å². The summed E-state index contributed by atoms with van der Waals surface area (Å²) in [5.74, 6) is 0. The van der Waals surface area contributed by atoms with Gasteiger partial charge in [0.1, 0.15) is 0 Å². The van der Waals surface area contributed by atoms with Crippen LogP contribution in [0.3, 0.4) is 0 Å². The number of hydrogen-bond acceptors (Lipinski definition) is 4. The van der Waals surface area contributed by atoms with Gasteiger partial charge in [0.05, 0.1) is 17.7 Å². The molecule has 1 heterocycles. The number of nitriles is 1. The second-order valence-corrected chi connectivity index (χ2v) is 5.84. The minimum atomic E-state index is -0.0909. The number of hydrogen-bond donors (Lipinski definition) is 2. The Morgan fingerprint density at radius 3 is 2.90 bits per heavy atom. The van der Waals surface area contributed by atoms with Crippen molar-refractivity contribution in [1.82, 2.24) is 10.2 Å². The van der Waals surface area contributed by atoms with Crippen molar-refractivity contribution in [3.8, 4) is 6.07 Å². The van der Waals surface area contributed by atoms with Crippen LogP contribution in [0.4, 0.5) is 0 Å². The fourth-order valence-electron chi connectivity index (χ4n) is 2.76. The molecule has 0 radical (unpaired) electrons. The molecule has 2 rings (SSSR count). The van der Waals surface area contributed by atoms with Gasteiger partial charge in [-0.05, 0) is 57.0 Å². The van der Waals surface area contributed by atoms with Gasteiger partial charge in [0.15, 0.2) is 0 Å². The van der Waals surface area contributed by atoms with Crippen molar-refractivity contribution in [3.63, 3.8) is 0 Å². The lowest BCUT2D eigenvalue weighted by atomic mass is 10.1. The molecule has 1 aliphatic rings. The third kappa shape index (κ3) is 5.13. The molecule has 1 atom stereocenters. The predicted octanol–water partition coefficient (Wildman–Crippen LogP) is 2.06. The van der Waals surface area contributed by atoms with E-state index in [9.17, 15) is 5.11 Å². The molecule has 1 fully saturated rings. The van der Waals surface area contributed by atoms with Crippen LogP contribution in [0.5, 0.6) is 0 Å². The zero-order valence-electron chi connectivity index (χ0n) is 12.8. The van der Waals surface area contributed by atoms with Gasteiger partial charge in [-0.15, -0.1) is 0 Å². The van der Waals surface area contributed by atoms with Gasteiger partial charge >= 0.3 is 0 Å². The highest BCUT2D eigenvalue weighted by atomic mass is 16.3. The first kappa shape index (κ1) is 16.0. The molecule has 1 aromatic rings. The fraction of sp³-hybridized carbons (Fsp3) is 0.588. The highest BCUT2D eigenvalue weighted by molar-refractivity contribution is 5.33. The molecule has 114 valence electrons. The van der Waals surface area contributed by atoms with Gasteiger partial charge < -0.3 is 15.3 Å². The van der Waals surface area contributed by atoms with Crippen molar-refractivity contribution in [3.05, 3.63) is 35.4 Å². The Balaban J connectivity index is 1.67. The maximum Gasteiger partial charge on any atom is 0.0991 e. The van der Waals surface area contributed by atoms with Crippen LogP contribution in [0.15, 0.2) is 24.3 Å². The number of aliphatic hydroxyl groups excluding tert-OH is 1. The van der Waals surface area contributed by atoms with Gasteiger partial charge in [-0.2, -0.15) is 5.26 Å². The van der Waals surface area contributed by atoms with Crippen LogP contribution in [0.1, 0.15) is 43.4 Å². The van der Waals surface area contributed by atoms with E-state index in [2.05, 4.69) is 29.3 Å². The molecule has 2 N–H and O–H groups in total. The maximum absolute atomic E-state index is 9.48. The Hall–Kier alpha value is -1.41. The first-order valence-electron chi connectivity index (χ1n) is 7.83. The molecular formula is C17H25N3O. The standard InChI is InChI=1S/C17H25N3O/c1-14(16-5-2-4-15(12-16)13-18)19-8-3-9-20-10-6-17(21)7-11-20/h2,4-5,12,14,17,19,21H,3,6-11H2,1H3. The summed E-state index contributed by atoms with van der Waals surface area (Å²) in [4.78, 5) is 2.43. The Labute approximate surface area is 127 Å². The van der Waals surface area contributed by atoms with Crippen molar-refractivity contribution in [1.29, 1.82) is 5.26 Å². The molecule has 0 spiro atoms. The van der Waals surface area contributed by atoms with Gasteiger partial charge in [-0.3, -0.25) is 0 Å². The molecule has 0 aliphatic carbocycles. The Bertz CT molecular complexity index is 475. The molecule has 21 heavy (non-hydrogen) atoms. The molecule has 1 aliphatic heterocycles. The van der Waals surface area contributed by atoms with E-state index in [1.165, 1.54) is 0 Å². The van der Waals surface area contributed by atoms with E-state index in [4.69, 9.17) is 5.26 Å². The summed E-state index contributed by atoms with van der Waals surface area (Å²) in [6.45, 7) is 6.22. The molecule has 1 saturated heterocycles. The third-order valence-corrected chi connectivity index (χ3v) is 4.17. The third-order valence-electron chi connectivity index (χ3n) is 4.17. The summed E-state index contributed by atoms with van der Waals surface area (Å²) in [6.07, 6.45) is 2.83. The number of rotatable bonds is 6. The number of aliphatic hydroxyl groups is 1. The number of piperidine rings is 1. The average molecular weight is 287 g/mol. The summed E-state index contributed by atoms with van der Waals surface area (Å²) in [7, 11) is 0. The van der Waals surface area contributed by atoms with E-state index in [0.717, 1.165) is 51.0 Å². The number of nitrogens with one attached hydrogen (secondary N) is 1. The van der Waals surface area contributed by atoms with Crippen LogP contribution in [0.2, 0.25) is 0 Å². The Morgan fingerprint density at radius 2 is 2.19 bits per heavy atom. The number of nitrogens with zero attached hydrogens (tertiary/aromatic N) is 2. The molecule has 0 saturated carbocycles. The van der Waals surface area contributed by atoms with Crippen molar-refractivity contribution in [2.75, 3.05) is 26.2 Å². The van der Waals surface area contributed by atoms with E-state index < -0.39 is 0 Å². The second-order valence-electron chi connectivity index (χ2n) is 5.84. The number of benzene rings is 1. The summed E-state index contributed by atoms with van der Waals surface area (Å²) in [5.41, 5.74) is 1.88. The molecule has 4 heteroatoms. The van der Waals surface area contributed by atoms with Crippen LogP contribution < -0.4 is 5.32 Å². The van der Waals surface area contributed by atoms with Crippen molar-refractivity contribution in [2.24, 2.45) is 0 Å². The summed E-state index contributed by atoms with van der Waals surface area (Å²) in [6, 6.07) is 10.2. The van der Waals surface area contributed by atoms with E-state index in [1.54, 1.807) is 0 Å². The van der Waals surface area contributed by atoms with E-state index >= 15 is 0 Å². The lowest BCUT2D eigenvalue weighted by Crippen LogP contribution is -2.37. The molecule has 0 aromatic heterocycles. The van der Waals surface area contributed by atoms with Gasteiger partial charge in [0, 0.05) is 19.1 Å². The number of likely N-dealkylation sites (tertiary alicyclic amines) is 1. The first-order chi connectivity index (χ1) is 10.2. The topological polar surface area (TPSA) is 59.3 Å². The molecule has 1 unspecified atom stereocenters. The quantitative estimate of drug-likeness (QED) is 0.786. The largest absolute Gasteiger partial charge is 0.393 e. The average Bonchev–Trinajstić information content (AvgIpc) is 2.53. The predicted molar refractivity (Wildman–Crippen MR) is 83.9 cm³/mol. The molecular weight excluding hydrogens is 262 g/mol. The normalized spacial score (nSPS) is 18.3. The highest BCUT2D eigenvalue weighted by Gasteiger charge is 2.16. The smallest absolute Gasteiger partial charge is 0.0991 e. The van der Waals surface area contributed by atoms with Crippen molar-refractivity contribution in [2.45, 2.75) is 38.3 Å². The minimum Gasteiger partial charge on any atom is -0.393 e. The minimum absolute atomic E-state index is 0.0909. The summed E-state index contributed by atoms with van der Waals surface area (Å²) in [5, 5.41) is 21.9. The molecule has 1 aromatic carbocycles. The van der Waals surface area contributed by atoms with Crippen LogP contribution in [-0.2, 0) is 0 Å². The highest BCUT2D eigenvalue weighted by Crippen LogP contribution is 2.14. The van der Waals surface area contributed by atoms with Crippen LogP contribution in [0.25, 0.3) is 0 Å². The monoisotopic (exact) mass is 287 g/mol. The van der Waals surface area contributed by atoms with E-state index in [0.29, 0.717) is 5.56 Å². The molecule has 4 nitrogen and oxygen atoms in total. The van der Waals surface area contributed by atoms with E-state index in [-0.39, 0.29) is 12.1 Å².